The number of hydrogen-bond donors (Lipinski definition) is 1. The fraction of sp³-hybridized carbons (Fsp3) is 0.222. The van der Waals surface area contributed by atoms with Crippen LogP contribution < -0.4 is 5.32 Å². The van der Waals surface area contributed by atoms with Crippen molar-refractivity contribution in [2.75, 3.05) is 11.1 Å². The highest BCUT2D eigenvalue weighted by Gasteiger charge is 2.16. The zero-order valence-electron chi connectivity index (χ0n) is 19.3. The second-order valence-corrected chi connectivity index (χ2v) is 9.17. The van der Waals surface area contributed by atoms with Crippen molar-refractivity contribution in [1.29, 1.82) is 0 Å². The summed E-state index contributed by atoms with van der Waals surface area (Å²) in [7, 11) is 0. The van der Waals surface area contributed by atoms with Gasteiger partial charge in [-0.05, 0) is 48.2 Å². The van der Waals surface area contributed by atoms with Crippen LogP contribution in [0.4, 0.5) is 5.69 Å². The predicted molar refractivity (Wildman–Crippen MR) is 137 cm³/mol. The van der Waals surface area contributed by atoms with Crippen molar-refractivity contribution in [3.8, 4) is 0 Å². The number of nitrogens with zero attached hydrogens (tertiary/aromatic N) is 3. The van der Waals surface area contributed by atoms with Gasteiger partial charge < -0.3 is 9.88 Å². The second-order valence-electron chi connectivity index (χ2n) is 8.22. The molecular weight excluding hydrogens is 428 g/mol. The van der Waals surface area contributed by atoms with Crippen molar-refractivity contribution in [3.05, 3.63) is 95.3 Å². The molecule has 1 heterocycles. The Bertz CT molecular complexity index is 1300. The Morgan fingerprint density at radius 2 is 1.79 bits per heavy atom. The Labute approximate surface area is 198 Å². The van der Waals surface area contributed by atoms with Crippen molar-refractivity contribution < 1.29 is 4.79 Å². The number of amides is 1. The van der Waals surface area contributed by atoms with Crippen LogP contribution in [-0.4, -0.2) is 26.4 Å². The third-order valence-corrected chi connectivity index (χ3v) is 6.57. The SMILES string of the molecule is C=CCn1c(Cc2cccc3ccccc23)nnc1SCC(=O)Nc1c(C)cc(C)cc1C. The summed E-state index contributed by atoms with van der Waals surface area (Å²) >= 11 is 1.39. The number of anilines is 1. The predicted octanol–water partition coefficient (Wildman–Crippen LogP) is 5.86. The standard InChI is InChI=1S/C27H28N4OS/c1-5-13-31-24(16-22-11-8-10-21-9-6-7-12-23(21)22)29-30-27(31)33-17-25(32)28-26-19(3)14-18(2)15-20(26)4/h5-12,14-15H,1,13,16-17H2,2-4H3,(H,28,32). The molecule has 0 saturated carbocycles. The summed E-state index contributed by atoms with van der Waals surface area (Å²) in [6.07, 6.45) is 2.50. The average molecular weight is 457 g/mol. The summed E-state index contributed by atoms with van der Waals surface area (Å²) < 4.78 is 2.04. The van der Waals surface area contributed by atoms with Crippen molar-refractivity contribution >= 4 is 34.1 Å². The minimum absolute atomic E-state index is 0.0567. The molecule has 0 aliphatic carbocycles. The minimum Gasteiger partial charge on any atom is -0.325 e. The summed E-state index contributed by atoms with van der Waals surface area (Å²) in [5.41, 5.74) is 5.41. The van der Waals surface area contributed by atoms with Gasteiger partial charge in [0.15, 0.2) is 5.16 Å². The van der Waals surface area contributed by atoms with E-state index in [0.29, 0.717) is 13.0 Å². The zero-order chi connectivity index (χ0) is 23.4. The maximum atomic E-state index is 12.7. The molecule has 4 rings (SSSR count). The molecule has 0 bridgehead atoms. The molecule has 6 heteroatoms. The van der Waals surface area contributed by atoms with Gasteiger partial charge in [0, 0.05) is 18.7 Å². The van der Waals surface area contributed by atoms with Crippen molar-refractivity contribution in [2.45, 2.75) is 38.9 Å². The fourth-order valence-electron chi connectivity index (χ4n) is 4.17. The van der Waals surface area contributed by atoms with Crippen LogP contribution in [0.2, 0.25) is 0 Å². The van der Waals surface area contributed by atoms with E-state index in [1.807, 2.05) is 30.6 Å². The third-order valence-electron chi connectivity index (χ3n) is 5.61. The van der Waals surface area contributed by atoms with Crippen molar-refractivity contribution in [2.24, 2.45) is 0 Å². The van der Waals surface area contributed by atoms with Gasteiger partial charge in [-0.1, -0.05) is 78.0 Å². The van der Waals surface area contributed by atoms with E-state index >= 15 is 0 Å². The Hall–Kier alpha value is -3.38. The topological polar surface area (TPSA) is 59.8 Å². The molecule has 0 fully saturated rings. The number of aryl methyl sites for hydroxylation is 3. The fourth-order valence-corrected chi connectivity index (χ4v) is 4.94. The van der Waals surface area contributed by atoms with Gasteiger partial charge in [-0.2, -0.15) is 0 Å². The number of thioether (sulfide) groups is 1. The zero-order valence-corrected chi connectivity index (χ0v) is 20.1. The third kappa shape index (κ3) is 5.17. The summed E-state index contributed by atoms with van der Waals surface area (Å²) in [6.45, 7) is 10.6. The van der Waals surface area contributed by atoms with Crippen LogP contribution >= 0.6 is 11.8 Å². The van der Waals surface area contributed by atoms with Gasteiger partial charge in [0.2, 0.25) is 5.91 Å². The Morgan fingerprint density at radius 1 is 1.06 bits per heavy atom. The summed E-state index contributed by atoms with van der Waals surface area (Å²) in [5.74, 6) is 1.06. The van der Waals surface area contributed by atoms with Crippen LogP contribution in [0.25, 0.3) is 10.8 Å². The minimum atomic E-state index is -0.0567. The quantitative estimate of drug-likeness (QED) is 0.266. The van der Waals surface area contributed by atoms with Crippen LogP contribution in [-0.2, 0) is 17.8 Å². The molecule has 5 nitrogen and oxygen atoms in total. The van der Waals surface area contributed by atoms with Gasteiger partial charge >= 0.3 is 0 Å². The lowest BCUT2D eigenvalue weighted by Crippen LogP contribution is -2.16. The molecule has 4 aromatic rings. The molecule has 3 aromatic carbocycles. The summed E-state index contributed by atoms with van der Waals surface area (Å²) in [6, 6.07) is 18.8. The number of aromatic nitrogens is 3. The molecule has 1 amide bonds. The average Bonchev–Trinajstić information content (AvgIpc) is 3.16. The number of rotatable bonds is 8. The van der Waals surface area contributed by atoms with Gasteiger partial charge in [0.25, 0.3) is 0 Å². The maximum absolute atomic E-state index is 12.7. The van der Waals surface area contributed by atoms with Gasteiger partial charge in [-0.15, -0.1) is 16.8 Å². The molecule has 1 aromatic heterocycles. The Balaban J connectivity index is 1.50. The van der Waals surface area contributed by atoms with Gasteiger partial charge in [-0.3, -0.25) is 4.79 Å². The lowest BCUT2D eigenvalue weighted by atomic mass is 10.0. The van der Waals surface area contributed by atoms with E-state index in [1.165, 1.54) is 33.7 Å². The van der Waals surface area contributed by atoms with Crippen LogP contribution in [0.15, 0.2) is 72.4 Å². The molecule has 168 valence electrons. The van der Waals surface area contributed by atoms with Crippen LogP contribution in [0, 0.1) is 20.8 Å². The first-order valence-corrected chi connectivity index (χ1v) is 11.9. The summed E-state index contributed by atoms with van der Waals surface area (Å²) in [4.78, 5) is 12.7. The van der Waals surface area contributed by atoms with Gasteiger partial charge in [0.05, 0.1) is 5.75 Å². The number of carbonyl (C=O) groups excluding carboxylic acids is 1. The molecule has 0 aliphatic heterocycles. The monoisotopic (exact) mass is 456 g/mol. The number of nitrogens with one attached hydrogen (secondary N) is 1. The highest BCUT2D eigenvalue weighted by Crippen LogP contribution is 2.25. The van der Waals surface area contributed by atoms with E-state index in [1.54, 1.807) is 0 Å². The molecule has 0 radical (unpaired) electrons. The lowest BCUT2D eigenvalue weighted by molar-refractivity contribution is -0.113. The highest BCUT2D eigenvalue weighted by molar-refractivity contribution is 7.99. The van der Waals surface area contributed by atoms with E-state index in [9.17, 15) is 4.79 Å². The number of benzene rings is 3. The molecule has 0 aliphatic rings. The smallest absolute Gasteiger partial charge is 0.234 e. The Morgan fingerprint density at radius 3 is 2.55 bits per heavy atom. The first-order chi connectivity index (χ1) is 16.0. The second kappa shape index (κ2) is 10.0. The first-order valence-electron chi connectivity index (χ1n) is 11.0. The maximum Gasteiger partial charge on any atom is 0.234 e. The normalized spacial score (nSPS) is 11.0. The first kappa shape index (κ1) is 22.8. The molecule has 0 saturated heterocycles. The number of hydrogen-bond acceptors (Lipinski definition) is 4. The van der Waals surface area contributed by atoms with E-state index in [-0.39, 0.29) is 11.7 Å². The highest BCUT2D eigenvalue weighted by atomic mass is 32.2. The molecule has 0 spiro atoms. The molecular formula is C27H28N4OS. The van der Waals surface area contributed by atoms with Gasteiger partial charge in [0.1, 0.15) is 5.82 Å². The molecule has 0 unspecified atom stereocenters. The van der Waals surface area contributed by atoms with Crippen LogP contribution in [0.5, 0.6) is 0 Å². The van der Waals surface area contributed by atoms with E-state index in [4.69, 9.17) is 0 Å². The van der Waals surface area contributed by atoms with Crippen LogP contribution in [0.3, 0.4) is 0 Å². The number of carbonyl (C=O) groups is 1. The van der Waals surface area contributed by atoms with Crippen molar-refractivity contribution in [1.82, 2.24) is 14.8 Å². The number of allylic oxidation sites excluding steroid dienone is 1. The molecule has 1 N–H and O–H groups in total. The number of fused-ring (bicyclic) bond motifs is 1. The van der Waals surface area contributed by atoms with Gasteiger partial charge in [-0.25, -0.2) is 0 Å². The molecule has 0 atom stereocenters. The summed E-state index contributed by atoms with van der Waals surface area (Å²) in [5, 5.41) is 15.0. The van der Waals surface area contributed by atoms with Crippen molar-refractivity contribution in [3.63, 3.8) is 0 Å². The lowest BCUT2D eigenvalue weighted by Gasteiger charge is -2.13. The Kier molecular flexibility index (Phi) is 6.94. The van der Waals surface area contributed by atoms with E-state index in [0.717, 1.165) is 27.8 Å². The van der Waals surface area contributed by atoms with Crippen LogP contribution in [0.1, 0.15) is 28.1 Å². The molecule has 33 heavy (non-hydrogen) atoms. The van der Waals surface area contributed by atoms with E-state index in [2.05, 4.69) is 77.5 Å². The van der Waals surface area contributed by atoms with E-state index < -0.39 is 0 Å². The largest absolute Gasteiger partial charge is 0.325 e.